The first kappa shape index (κ1) is 17.5. The molecule has 126 valence electrons. The first-order chi connectivity index (χ1) is 11.5. The molecule has 1 N–H and O–H groups in total. The summed E-state index contributed by atoms with van der Waals surface area (Å²) in [5.74, 6) is -0.388. The first-order valence-electron chi connectivity index (χ1n) is 7.71. The maximum absolute atomic E-state index is 11.9. The maximum Gasteiger partial charge on any atom is 0.347 e. The number of amides is 1. The molecule has 0 aromatic heterocycles. The first-order valence-corrected chi connectivity index (χ1v) is 7.71. The van der Waals surface area contributed by atoms with Gasteiger partial charge in [0.15, 0.2) is 12.7 Å². The van der Waals surface area contributed by atoms with Crippen LogP contribution in [-0.2, 0) is 14.3 Å². The van der Waals surface area contributed by atoms with Crippen molar-refractivity contribution < 1.29 is 19.1 Å². The third kappa shape index (κ3) is 5.12. The molecule has 0 aliphatic carbocycles. The number of para-hydroxylation sites is 1. The minimum absolute atomic E-state index is 0.352. The molecule has 0 heterocycles. The third-order valence-corrected chi connectivity index (χ3v) is 3.40. The van der Waals surface area contributed by atoms with Crippen molar-refractivity contribution in [2.75, 3.05) is 11.9 Å². The van der Waals surface area contributed by atoms with Crippen LogP contribution in [0.25, 0.3) is 0 Å². The largest absolute Gasteiger partial charge is 0.479 e. The Morgan fingerprint density at radius 1 is 1.08 bits per heavy atom. The quantitative estimate of drug-likeness (QED) is 0.827. The highest BCUT2D eigenvalue weighted by Gasteiger charge is 2.18. The highest BCUT2D eigenvalue weighted by Crippen LogP contribution is 2.15. The highest BCUT2D eigenvalue weighted by molar-refractivity contribution is 5.93. The molecule has 5 nitrogen and oxygen atoms in total. The Bertz CT molecular complexity index is 727. The van der Waals surface area contributed by atoms with Crippen molar-refractivity contribution in [3.63, 3.8) is 0 Å². The van der Waals surface area contributed by atoms with Crippen molar-refractivity contribution in [2.45, 2.75) is 26.9 Å². The fourth-order valence-corrected chi connectivity index (χ4v) is 2.09. The second-order valence-electron chi connectivity index (χ2n) is 5.55. The molecule has 0 radical (unpaired) electrons. The molecule has 0 unspecified atom stereocenters. The van der Waals surface area contributed by atoms with Crippen LogP contribution in [0.5, 0.6) is 5.75 Å². The smallest absolute Gasteiger partial charge is 0.347 e. The molecular formula is C19H21NO4. The van der Waals surface area contributed by atoms with Crippen LogP contribution in [-0.4, -0.2) is 24.6 Å². The molecule has 1 atom stereocenters. The molecule has 2 aromatic rings. The van der Waals surface area contributed by atoms with Crippen LogP contribution in [0.4, 0.5) is 5.69 Å². The van der Waals surface area contributed by atoms with E-state index in [4.69, 9.17) is 9.47 Å². The van der Waals surface area contributed by atoms with E-state index >= 15 is 0 Å². The second-order valence-corrected chi connectivity index (χ2v) is 5.55. The number of carbonyl (C=O) groups is 2. The van der Waals surface area contributed by atoms with Crippen molar-refractivity contribution in [1.82, 2.24) is 0 Å². The van der Waals surface area contributed by atoms with E-state index in [1.165, 1.54) is 0 Å². The number of anilines is 1. The Kier molecular flexibility index (Phi) is 5.95. The molecule has 0 saturated heterocycles. The highest BCUT2D eigenvalue weighted by atomic mass is 16.6. The number of hydrogen-bond donors (Lipinski definition) is 1. The lowest BCUT2D eigenvalue weighted by Crippen LogP contribution is -2.29. The molecular weight excluding hydrogens is 306 g/mol. The van der Waals surface area contributed by atoms with E-state index < -0.39 is 12.1 Å². The van der Waals surface area contributed by atoms with Crippen molar-refractivity contribution in [1.29, 1.82) is 0 Å². The Morgan fingerprint density at radius 2 is 1.83 bits per heavy atom. The number of aryl methyl sites for hydroxylation is 2. The molecule has 24 heavy (non-hydrogen) atoms. The number of benzene rings is 2. The SMILES string of the molecule is Cc1cccc(O[C@@H](C)C(=O)OCC(=O)Nc2ccccc2C)c1. The van der Waals surface area contributed by atoms with Gasteiger partial charge in [-0.15, -0.1) is 0 Å². The zero-order valence-corrected chi connectivity index (χ0v) is 14.0. The Labute approximate surface area is 141 Å². The number of nitrogens with one attached hydrogen (secondary N) is 1. The van der Waals surface area contributed by atoms with Crippen LogP contribution in [0.3, 0.4) is 0 Å². The molecule has 0 saturated carbocycles. The van der Waals surface area contributed by atoms with Gasteiger partial charge in [-0.3, -0.25) is 4.79 Å². The standard InChI is InChI=1S/C19H21NO4/c1-13-7-6-9-16(11-13)24-15(3)19(22)23-12-18(21)20-17-10-5-4-8-14(17)2/h4-11,15H,12H2,1-3H3,(H,20,21)/t15-/m0/s1. The van der Waals surface area contributed by atoms with Crippen LogP contribution < -0.4 is 10.1 Å². The van der Waals surface area contributed by atoms with Gasteiger partial charge in [-0.25, -0.2) is 4.79 Å². The number of carbonyl (C=O) groups excluding carboxylic acids is 2. The molecule has 0 aliphatic heterocycles. The lowest BCUT2D eigenvalue weighted by atomic mass is 10.2. The molecule has 0 fully saturated rings. The average molecular weight is 327 g/mol. The topological polar surface area (TPSA) is 64.6 Å². The lowest BCUT2D eigenvalue weighted by Gasteiger charge is -2.14. The normalized spacial score (nSPS) is 11.5. The fraction of sp³-hybridized carbons (Fsp3) is 0.263. The van der Waals surface area contributed by atoms with Gasteiger partial charge >= 0.3 is 5.97 Å². The van der Waals surface area contributed by atoms with Crippen molar-refractivity contribution in [2.24, 2.45) is 0 Å². The summed E-state index contributed by atoms with van der Waals surface area (Å²) in [6.45, 7) is 5.06. The second kappa shape index (κ2) is 8.15. The Balaban J connectivity index is 1.81. The van der Waals surface area contributed by atoms with Gasteiger partial charge in [-0.2, -0.15) is 0 Å². The fourth-order valence-electron chi connectivity index (χ4n) is 2.09. The monoisotopic (exact) mass is 327 g/mol. The van der Waals surface area contributed by atoms with E-state index in [1.807, 2.05) is 50.2 Å². The van der Waals surface area contributed by atoms with Gasteiger partial charge in [0, 0.05) is 5.69 Å². The van der Waals surface area contributed by atoms with E-state index in [2.05, 4.69) is 5.32 Å². The predicted molar refractivity (Wildman–Crippen MR) is 92.0 cm³/mol. The van der Waals surface area contributed by atoms with Crippen LogP contribution in [0.2, 0.25) is 0 Å². The van der Waals surface area contributed by atoms with Gasteiger partial charge in [0.25, 0.3) is 5.91 Å². The minimum Gasteiger partial charge on any atom is -0.479 e. The van der Waals surface area contributed by atoms with E-state index in [1.54, 1.807) is 19.1 Å². The summed E-state index contributed by atoms with van der Waals surface area (Å²) in [6.07, 6.45) is -0.793. The molecule has 0 bridgehead atoms. The van der Waals surface area contributed by atoms with Crippen molar-refractivity contribution >= 4 is 17.6 Å². The number of esters is 1. The molecule has 5 heteroatoms. The zero-order valence-electron chi connectivity index (χ0n) is 14.0. The third-order valence-electron chi connectivity index (χ3n) is 3.40. The van der Waals surface area contributed by atoms with Gasteiger partial charge in [-0.05, 0) is 50.1 Å². The van der Waals surface area contributed by atoms with Gasteiger partial charge in [-0.1, -0.05) is 30.3 Å². The zero-order chi connectivity index (χ0) is 17.5. The summed E-state index contributed by atoms with van der Waals surface area (Å²) in [5.41, 5.74) is 2.67. The van der Waals surface area contributed by atoms with Crippen LogP contribution in [0.15, 0.2) is 48.5 Å². The predicted octanol–water partition coefficient (Wildman–Crippen LogP) is 3.25. The summed E-state index contributed by atoms with van der Waals surface area (Å²) in [6, 6.07) is 14.8. The molecule has 2 aromatic carbocycles. The summed E-state index contributed by atoms with van der Waals surface area (Å²) in [4.78, 5) is 23.8. The lowest BCUT2D eigenvalue weighted by molar-refractivity contribution is -0.153. The summed E-state index contributed by atoms with van der Waals surface area (Å²) in [5, 5.41) is 2.70. The average Bonchev–Trinajstić information content (AvgIpc) is 2.54. The number of hydrogen-bond acceptors (Lipinski definition) is 4. The van der Waals surface area contributed by atoms with E-state index in [0.29, 0.717) is 11.4 Å². The molecule has 0 spiro atoms. The summed E-state index contributed by atoms with van der Waals surface area (Å²) < 4.78 is 10.5. The molecule has 2 rings (SSSR count). The van der Waals surface area contributed by atoms with Gasteiger partial charge in [0.2, 0.25) is 0 Å². The van der Waals surface area contributed by atoms with Crippen LogP contribution in [0, 0.1) is 13.8 Å². The number of rotatable bonds is 6. The maximum atomic E-state index is 11.9. The van der Waals surface area contributed by atoms with Gasteiger partial charge < -0.3 is 14.8 Å². The van der Waals surface area contributed by atoms with E-state index in [0.717, 1.165) is 11.1 Å². The minimum atomic E-state index is -0.793. The summed E-state index contributed by atoms with van der Waals surface area (Å²) in [7, 11) is 0. The van der Waals surface area contributed by atoms with Crippen LogP contribution >= 0.6 is 0 Å². The Hall–Kier alpha value is -2.82. The van der Waals surface area contributed by atoms with Gasteiger partial charge in [0.1, 0.15) is 5.75 Å². The van der Waals surface area contributed by atoms with Gasteiger partial charge in [0.05, 0.1) is 0 Å². The number of ether oxygens (including phenoxy) is 2. The van der Waals surface area contributed by atoms with E-state index in [-0.39, 0.29) is 12.5 Å². The summed E-state index contributed by atoms with van der Waals surface area (Å²) >= 11 is 0. The van der Waals surface area contributed by atoms with Crippen molar-refractivity contribution in [3.8, 4) is 5.75 Å². The van der Waals surface area contributed by atoms with Crippen molar-refractivity contribution in [3.05, 3.63) is 59.7 Å². The Morgan fingerprint density at radius 3 is 2.54 bits per heavy atom. The van der Waals surface area contributed by atoms with Crippen LogP contribution in [0.1, 0.15) is 18.1 Å². The van der Waals surface area contributed by atoms with E-state index in [9.17, 15) is 9.59 Å². The molecule has 1 amide bonds. The molecule has 0 aliphatic rings.